The lowest BCUT2D eigenvalue weighted by atomic mass is 10.00. The maximum atomic E-state index is 13.2. The number of esters is 1. The van der Waals surface area contributed by atoms with Gasteiger partial charge in [0.25, 0.3) is 0 Å². The quantitative estimate of drug-likeness (QED) is 0.434. The van der Waals surface area contributed by atoms with Crippen LogP contribution < -0.4 is 4.74 Å². The minimum absolute atomic E-state index is 0.179. The Balaban J connectivity index is 2.36. The van der Waals surface area contributed by atoms with Crippen LogP contribution in [0.25, 0.3) is 11.1 Å². The molecule has 0 fully saturated rings. The van der Waals surface area contributed by atoms with E-state index in [4.69, 9.17) is 21.1 Å². The Morgan fingerprint density at radius 2 is 1.68 bits per heavy atom. The minimum Gasteiger partial charge on any atom is -0.481 e. The summed E-state index contributed by atoms with van der Waals surface area (Å²) in [5.41, 5.74) is 1.48. The van der Waals surface area contributed by atoms with Crippen LogP contribution in [0.2, 0.25) is 5.02 Å². The van der Waals surface area contributed by atoms with Gasteiger partial charge in [0.2, 0.25) is 10.0 Å². The molecule has 0 aliphatic carbocycles. The molecule has 0 aliphatic heterocycles. The van der Waals surface area contributed by atoms with Gasteiger partial charge in [-0.2, -0.15) is 0 Å². The molecule has 188 valence electrons. The van der Waals surface area contributed by atoms with Gasteiger partial charge in [-0.1, -0.05) is 17.7 Å². The number of sulfonamides is 1. The predicted molar refractivity (Wildman–Crippen MR) is 136 cm³/mol. The zero-order valence-corrected chi connectivity index (χ0v) is 22.6. The first kappa shape index (κ1) is 28.1. The second-order valence-corrected chi connectivity index (χ2v) is 12.0. The fourth-order valence-corrected chi connectivity index (χ4v) is 4.72. The monoisotopic (exact) mass is 510 g/mol. The average Bonchev–Trinajstić information content (AvgIpc) is 2.71. The first-order valence-corrected chi connectivity index (χ1v) is 12.9. The molecule has 0 heterocycles. The van der Waals surface area contributed by atoms with E-state index in [1.54, 1.807) is 64.2 Å². The van der Waals surface area contributed by atoms with Gasteiger partial charge in [-0.3, -0.25) is 0 Å². The highest BCUT2D eigenvalue weighted by atomic mass is 35.5. The molecule has 7 nitrogen and oxygen atoms in total. The van der Waals surface area contributed by atoms with Gasteiger partial charge >= 0.3 is 5.97 Å². The van der Waals surface area contributed by atoms with Crippen LogP contribution >= 0.6 is 11.6 Å². The fraction of sp³-hybridized carbons (Fsp3) is 0.480. The van der Waals surface area contributed by atoms with Gasteiger partial charge < -0.3 is 14.4 Å². The van der Waals surface area contributed by atoms with Gasteiger partial charge in [0.05, 0.1) is 4.90 Å². The van der Waals surface area contributed by atoms with Crippen LogP contribution in [0.3, 0.4) is 0 Å². The molecule has 0 aliphatic rings. The van der Waals surface area contributed by atoms with Gasteiger partial charge in [-0.15, -0.1) is 0 Å². The number of aryl methyl sites for hydroxylation is 1. The van der Waals surface area contributed by atoms with Crippen LogP contribution in [0.5, 0.6) is 5.75 Å². The molecule has 0 unspecified atom stereocenters. The van der Waals surface area contributed by atoms with Gasteiger partial charge in [0.15, 0.2) is 6.61 Å². The third kappa shape index (κ3) is 7.98. The summed E-state index contributed by atoms with van der Waals surface area (Å²) in [4.78, 5) is 14.3. The van der Waals surface area contributed by atoms with E-state index in [0.29, 0.717) is 28.4 Å². The summed E-state index contributed by atoms with van der Waals surface area (Å²) in [5, 5.41) is 0.466. The Morgan fingerprint density at radius 1 is 1.00 bits per heavy atom. The van der Waals surface area contributed by atoms with E-state index >= 15 is 0 Å². The number of nitrogens with zero attached hydrogens (tertiary/aromatic N) is 2. The largest absolute Gasteiger partial charge is 0.481 e. The van der Waals surface area contributed by atoms with Gasteiger partial charge in [0.1, 0.15) is 11.4 Å². The summed E-state index contributed by atoms with van der Waals surface area (Å²) in [5.74, 6) is -0.0898. The molecular weight excluding hydrogens is 476 g/mol. The number of hydrogen-bond acceptors (Lipinski definition) is 6. The van der Waals surface area contributed by atoms with Crippen molar-refractivity contribution in [2.75, 3.05) is 40.8 Å². The molecule has 0 spiro atoms. The topological polar surface area (TPSA) is 76.2 Å². The highest BCUT2D eigenvalue weighted by Gasteiger charge is 2.23. The number of benzene rings is 2. The van der Waals surface area contributed by atoms with E-state index < -0.39 is 21.6 Å². The average molecular weight is 511 g/mol. The number of carbonyl (C=O) groups excluding carboxylic acids is 1. The van der Waals surface area contributed by atoms with E-state index in [1.165, 1.54) is 4.31 Å². The van der Waals surface area contributed by atoms with Crippen molar-refractivity contribution in [3.05, 3.63) is 47.0 Å². The van der Waals surface area contributed by atoms with Crippen molar-refractivity contribution in [2.45, 2.75) is 44.6 Å². The van der Waals surface area contributed by atoms with E-state index in [1.807, 2.05) is 25.9 Å². The maximum Gasteiger partial charge on any atom is 0.344 e. The molecule has 2 aromatic carbocycles. The van der Waals surface area contributed by atoms with Crippen molar-refractivity contribution in [2.24, 2.45) is 0 Å². The number of carbonyl (C=O) groups is 1. The van der Waals surface area contributed by atoms with Crippen LogP contribution in [0, 0.1) is 6.92 Å². The summed E-state index contributed by atoms with van der Waals surface area (Å²) >= 11 is 6.25. The Morgan fingerprint density at radius 3 is 2.29 bits per heavy atom. The van der Waals surface area contributed by atoms with Crippen LogP contribution in [0.4, 0.5) is 0 Å². The van der Waals surface area contributed by atoms with Crippen molar-refractivity contribution in [1.82, 2.24) is 9.21 Å². The second kappa shape index (κ2) is 11.5. The lowest BCUT2D eigenvalue weighted by Crippen LogP contribution is -2.30. The SMILES string of the molecule is Cc1ccc(S(=O)(=O)N(C)CCCN(C)C)cc1-c1cc(Cl)ccc1OCC(=O)OC(C)(C)C. The van der Waals surface area contributed by atoms with Crippen molar-refractivity contribution in [3.8, 4) is 16.9 Å². The summed E-state index contributed by atoms with van der Waals surface area (Å²) in [7, 11) is 1.80. The third-order valence-electron chi connectivity index (χ3n) is 4.99. The molecule has 34 heavy (non-hydrogen) atoms. The molecule has 2 rings (SSSR count). The number of ether oxygens (including phenoxy) is 2. The molecular formula is C25H35ClN2O5S. The van der Waals surface area contributed by atoms with Gasteiger partial charge in [-0.05, 0) is 96.2 Å². The van der Waals surface area contributed by atoms with Crippen LogP contribution in [0.15, 0.2) is 41.3 Å². The normalized spacial score (nSPS) is 12.3. The summed E-state index contributed by atoms with van der Waals surface area (Å²) in [6.07, 6.45) is 0.721. The first-order valence-electron chi connectivity index (χ1n) is 11.1. The third-order valence-corrected chi connectivity index (χ3v) is 7.08. The van der Waals surface area contributed by atoms with E-state index in [0.717, 1.165) is 18.5 Å². The van der Waals surface area contributed by atoms with E-state index in [2.05, 4.69) is 0 Å². The number of hydrogen-bond donors (Lipinski definition) is 0. The standard InChI is InChI=1S/C25H35ClN2O5S/c1-18-9-11-20(34(30,31)28(7)14-8-13-27(5)6)16-21(18)22-15-19(26)10-12-23(22)32-17-24(29)33-25(2,3)4/h9-12,15-16H,8,13-14,17H2,1-7H3. The number of halogens is 1. The predicted octanol–water partition coefficient (Wildman–Crippen LogP) is 4.61. The van der Waals surface area contributed by atoms with Crippen LogP contribution in [-0.2, 0) is 19.6 Å². The van der Waals surface area contributed by atoms with E-state index in [9.17, 15) is 13.2 Å². The molecule has 0 aromatic heterocycles. The fourth-order valence-electron chi connectivity index (χ4n) is 3.31. The molecule has 9 heteroatoms. The van der Waals surface area contributed by atoms with Crippen molar-refractivity contribution < 1.29 is 22.7 Å². The molecule has 0 saturated heterocycles. The molecule has 0 bridgehead atoms. The lowest BCUT2D eigenvalue weighted by molar-refractivity contribution is -0.157. The Kier molecular flexibility index (Phi) is 9.53. The van der Waals surface area contributed by atoms with Crippen molar-refractivity contribution in [1.29, 1.82) is 0 Å². The second-order valence-electron chi connectivity index (χ2n) is 9.48. The van der Waals surface area contributed by atoms with Crippen molar-refractivity contribution in [3.63, 3.8) is 0 Å². The Hall–Kier alpha value is -2.13. The Bertz CT molecular complexity index is 1110. The lowest BCUT2D eigenvalue weighted by Gasteiger charge is -2.21. The van der Waals surface area contributed by atoms with Gasteiger partial charge in [0, 0.05) is 24.2 Å². The summed E-state index contributed by atoms with van der Waals surface area (Å²) < 4.78 is 38.8. The van der Waals surface area contributed by atoms with Crippen LogP contribution in [-0.4, -0.2) is 70.0 Å². The van der Waals surface area contributed by atoms with Crippen LogP contribution in [0.1, 0.15) is 32.8 Å². The highest BCUT2D eigenvalue weighted by Crippen LogP contribution is 2.36. The molecule has 2 aromatic rings. The van der Waals surface area contributed by atoms with E-state index in [-0.39, 0.29) is 11.5 Å². The molecule has 0 atom stereocenters. The zero-order valence-electron chi connectivity index (χ0n) is 21.0. The summed E-state index contributed by atoms with van der Waals surface area (Å²) in [6, 6.07) is 10.0. The highest BCUT2D eigenvalue weighted by molar-refractivity contribution is 7.89. The smallest absolute Gasteiger partial charge is 0.344 e. The minimum atomic E-state index is -3.69. The van der Waals surface area contributed by atoms with Crippen molar-refractivity contribution >= 4 is 27.6 Å². The summed E-state index contributed by atoms with van der Waals surface area (Å²) in [6.45, 7) is 8.15. The molecule has 0 amide bonds. The van der Waals surface area contributed by atoms with Gasteiger partial charge in [-0.25, -0.2) is 17.5 Å². The zero-order chi connectivity index (χ0) is 25.7. The number of rotatable bonds is 10. The first-order chi connectivity index (χ1) is 15.7. The Labute approximate surface area is 208 Å². The molecule has 0 radical (unpaired) electrons. The molecule has 0 N–H and O–H groups in total. The maximum absolute atomic E-state index is 13.2. The molecule has 0 saturated carbocycles.